The summed E-state index contributed by atoms with van der Waals surface area (Å²) >= 11 is 11.9. The molecule has 1 amide bonds. The van der Waals surface area contributed by atoms with Gasteiger partial charge in [0.15, 0.2) is 6.61 Å². The van der Waals surface area contributed by atoms with Gasteiger partial charge >= 0.3 is 0 Å². The van der Waals surface area contributed by atoms with E-state index in [9.17, 15) is 4.79 Å². The van der Waals surface area contributed by atoms with E-state index in [0.717, 1.165) is 11.3 Å². The predicted molar refractivity (Wildman–Crippen MR) is 104 cm³/mol. The third-order valence-corrected chi connectivity index (χ3v) is 4.50. The van der Waals surface area contributed by atoms with E-state index in [0.29, 0.717) is 22.3 Å². The van der Waals surface area contributed by atoms with E-state index < -0.39 is 0 Å². The molecule has 2 N–H and O–H groups in total. The maximum atomic E-state index is 12.2. The first-order valence-electron chi connectivity index (χ1n) is 8.20. The molecule has 0 saturated heterocycles. The Bertz CT molecular complexity index is 753. The van der Waals surface area contributed by atoms with Crippen LogP contribution in [0.5, 0.6) is 11.5 Å². The second-order valence-corrected chi connectivity index (χ2v) is 6.88. The molecule has 0 aliphatic carbocycles. The van der Waals surface area contributed by atoms with Crippen molar-refractivity contribution in [3.8, 4) is 11.5 Å². The molecule has 26 heavy (non-hydrogen) atoms. The van der Waals surface area contributed by atoms with E-state index in [1.165, 1.54) is 4.90 Å². The third kappa shape index (κ3) is 5.53. The quantitative estimate of drug-likeness (QED) is 0.718. The molecule has 0 aromatic heterocycles. The van der Waals surface area contributed by atoms with E-state index in [-0.39, 0.29) is 18.6 Å². The van der Waals surface area contributed by atoms with Crippen LogP contribution in [0, 0.1) is 0 Å². The van der Waals surface area contributed by atoms with E-state index >= 15 is 0 Å². The summed E-state index contributed by atoms with van der Waals surface area (Å²) < 4.78 is 10.9. The summed E-state index contributed by atoms with van der Waals surface area (Å²) in [5.74, 6) is 1.00. The fourth-order valence-electron chi connectivity index (χ4n) is 2.58. The van der Waals surface area contributed by atoms with Crippen molar-refractivity contribution >= 4 is 29.1 Å². The molecule has 1 atom stereocenters. The lowest BCUT2D eigenvalue weighted by Gasteiger charge is -2.23. The second kappa shape index (κ2) is 9.67. The molecule has 0 bridgehead atoms. The summed E-state index contributed by atoms with van der Waals surface area (Å²) in [6, 6.07) is 12.7. The van der Waals surface area contributed by atoms with Crippen molar-refractivity contribution in [1.82, 2.24) is 5.32 Å². The number of methoxy groups -OCH3 is 1. The Labute approximate surface area is 163 Å². The van der Waals surface area contributed by atoms with Gasteiger partial charge in [0.05, 0.1) is 38.3 Å². The Morgan fingerprint density at radius 1 is 1.15 bits per heavy atom. The summed E-state index contributed by atoms with van der Waals surface area (Å²) in [4.78, 5) is 13.3. The molecular formula is C19H23Cl2N2O3+. The van der Waals surface area contributed by atoms with Gasteiger partial charge in [0.25, 0.3) is 5.91 Å². The number of hydrogen-bond donors (Lipinski definition) is 2. The number of carbonyl (C=O) groups is 1. The van der Waals surface area contributed by atoms with E-state index in [4.69, 9.17) is 32.7 Å². The van der Waals surface area contributed by atoms with Gasteiger partial charge in [-0.2, -0.15) is 0 Å². The number of amides is 1. The summed E-state index contributed by atoms with van der Waals surface area (Å²) in [5, 5.41) is 3.79. The van der Waals surface area contributed by atoms with Crippen LogP contribution in [-0.4, -0.2) is 40.3 Å². The van der Waals surface area contributed by atoms with E-state index in [2.05, 4.69) is 5.32 Å². The van der Waals surface area contributed by atoms with Gasteiger partial charge in [-0.15, -0.1) is 0 Å². The molecule has 0 saturated carbocycles. The smallest absolute Gasteiger partial charge is 0.258 e. The van der Waals surface area contributed by atoms with E-state index in [1.54, 1.807) is 25.3 Å². The lowest BCUT2D eigenvalue weighted by molar-refractivity contribution is -0.890. The Kier molecular flexibility index (Phi) is 7.57. The zero-order valence-corrected chi connectivity index (χ0v) is 16.5. The number of ether oxygens (including phenoxy) is 2. The minimum absolute atomic E-state index is 0.0502. The van der Waals surface area contributed by atoms with Crippen LogP contribution in [0.3, 0.4) is 0 Å². The Morgan fingerprint density at radius 2 is 1.88 bits per heavy atom. The highest BCUT2D eigenvalue weighted by Gasteiger charge is 2.22. The van der Waals surface area contributed by atoms with Gasteiger partial charge in [-0.3, -0.25) is 4.79 Å². The molecule has 7 heteroatoms. The standard InChI is InChI=1S/C19H22Cl2N2O3/c1-23(2)16(14-6-4-5-7-17(14)25-3)11-22-19(24)12-26-18-9-8-13(20)10-15(18)21/h4-10,16H,11-12H2,1-3H3,(H,22,24)/p+1/t16-/m0/s1. The largest absolute Gasteiger partial charge is 0.496 e. The predicted octanol–water partition coefficient (Wildman–Crippen LogP) is 2.38. The maximum absolute atomic E-state index is 12.2. The number of halogens is 2. The number of benzene rings is 2. The first-order chi connectivity index (χ1) is 12.4. The van der Waals surface area contributed by atoms with Crippen LogP contribution >= 0.6 is 23.2 Å². The zero-order chi connectivity index (χ0) is 19.1. The Morgan fingerprint density at radius 3 is 2.54 bits per heavy atom. The third-order valence-electron chi connectivity index (χ3n) is 3.97. The van der Waals surface area contributed by atoms with Crippen molar-refractivity contribution in [3.63, 3.8) is 0 Å². The minimum atomic E-state index is -0.225. The topological polar surface area (TPSA) is 52.0 Å². The molecule has 0 aliphatic heterocycles. The highest BCUT2D eigenvalue weighted by molar-refractivity contribution is 6.35. The average Bonchev–Trinajstić information content (AvgIpc) is 2.61. The first-order valence-corrected chi connectivity index (χ1v) is 8.95. The van der Waals surface area contributed by atoms with E-state index in [1.807, 2.05) is 38.4 Å². The molecule has 2 rings (SSSR count). The van der Waals surface area contributed by atoms with Crippen LogP contribution in [-0.2, 0) is 4.79 Å². The molecule has 0 heterocycles. The Hall–Kier alpha value is -1.95. The van der Waals surface area contributed by atoms with Gasteiger partial charge in [0, 0.05) is 5.02 Å². The van der Waals surface area contributed by atoms with Crippen LogP contribution in [0.25, 0.3) is 0 Å². The van der Waals surface area contributed by atoms with Gasteiger partial charge in [-0.25, -0.2) is 0 Å². The number of nitrogens with one attached hydrogen (secondary N) is 2. The number of quaternary nitrogens is 1. The van der Waals surface area contributed by atoms with Gasteiger partial charge in [0.1, 0.15) is 17.5 Å². The number of carbonyl (C=O) groups excluding carboxylic acids is 1. The van der Waals surface area contributed by atoms with Gasteiger partial charge in [-0.1, -0.05) is 35.3 Å². The van der Waals surface area contributed by atoms with Gasteiger partial charge in [0.2, 0.25) is 0 Å². The monoisotopic (exact) mass is 397 g/mol. The molecule has 2 aromatic rings. The average molecular weight is 398 g/mol. The maximum Gasteiger partial charge on any atom is 0.258 e. The van der Waals surface area contributed by atoms with Gasteiger partial charge < -0.3 is 19.7 Å². The molecule has 0 spiro atoms. The van der Waals surface area contributed by atoms with Crippen molar-refractivity contribution in [2.24, 2.45) is 0 Å². The van der Waals surface area contributed by atoms with Crippen molar-refractivity contribution in [2.75, 3.05) is 34.4 Å². The molecule has 5 nitrogen and oxygen atoms in total. The fourth-order valence-corrected chi connectivity index (χ4v) is 3.04. The Balaban J connectivity index is 1.95. The fraction of sp³-hybridized carbons (Fsp3) is 0.316. The summed E-state index contributed by atoms with van der Waals surface area (Å²) in [5.41, 5.74) is 1.04. The van der Waals surface area contributed by atoms with Gasteiger partial charge in [-0.05, 0) is 30.3 Å². The molecule has 2 aromatic carbocycles. The number of likely N-dealkylation sites (N-methyl/N-ethyl adjacent to an activating group) is 1. The number of para-hydroxylation sites is 1. The first kappa shape index (κ1) is 20.4. The van der Waals surface area contributed by atoms with Crippen LogP contribution in [0.1, 0.15) is 11.6 Å². The number of hydrogen-bond acceptors (Lipinski definition) is 3. The lowest BCUT2D eigenvalue weighted by atomic mass is 10.0. The van der Waals surface area contributed by atoms with Crippen LogP contribution in [0.2, 0.25) is 10.0 Å². The summed E-state index contributed by atoms with van der Waals surface area (Å²) in [6.45, 7) is 0.335. The molecule has 140 valence electrons. The highest BCUT2D eigenvalue weighted by Crippen LogP contribution is 2.27. The van der Waals surface area contributed by atoms with Crippen molar-refractivity contribution in [2.45, 2.75) is 6.04 Å². The highest BCUT2D eigenvalue weighted by atomic mass is 35.5. The normalized spacial score (nSPS) is 11.9. The second-order valence-electron chi connectivity index (χ2n) is 6.04. The van der Waals surface area contributed by atoms with Crippen molar-refractivity contribution in [3.05, 3.63) is 58.1 Å². The van der Waals surface area contributed by atoms with Crippen molar-refractivity contribution in [1.29, 1.82) is 0 Å². The minimum Gasteiger partial charge on any atom is -0.496 e. The van der Waals surface area contributed by atoms with Crippen LogP contribution in [0.15, 0.2) is 42.5 Å². The van der Waals surface area contributed by atoms with Crippen LogP contribution in [0.4, 0.5) is 0 Å². The zero-order valence-electron chi connectivity index (χ0n) is 15.0. The van der Waals surface area contributed by atoms with Crippen molar-refractivity contribution < 1.29 is 19.2 Å². The molecule has 0 aliphatic rings. The molecule has 0 fully saturated rings. The summed E-state index contributed by atoms with van der Waals surface area (Å²) in [6.07, 6.45) is 0. The lowest BCUT2D eigenvalue weighted by Crippen LogP contribution is -3.07. The molecule has 0 radical (unpaired) electrons. The van der Waals surface area contributed by atoms with Crippen LogP contribution < -0.4 is 19.7 Å². The molecule has 0 unspecified atom stereocenters. The number of rotatable bonds is 8. The molecular weight excluding hydrogens is 375 g/mol. The summed E-state index contributed by atoms with van der Waals surface area (Å²) in [7, 11) is 5.71. The SMILES string of the molecule is COc1ccccc1[C@H](CNC(=O)COc1ccc(Cl)cc1Cl)[NH+](C)C.